The van der Waals surface area contributed by atoms with Crippen molar-refractivity contribution in [2.75, 3.05) is 13.7 Å². The first-order chi connectivity index (χ1) is 16.4. The molecule has 11 heteroatoms. The third-order valence-electron chi connectivity index (χ3n) is 5.97. The summed E-state index contributed by atoms with van der Waals surface area (Å²) in [6, 6.07) is 5.77. The predicted molar refractivity (Wildman–Crippen MR) is 115 cm³/mol. The number of ether oxygens (including phenoxy) is 3. The maximum atomic E-state index is 14.3. The van der Waals surface area contributed by atoms with E-state index in [0.29, 0.717) is 5.56 Å². The van der Waals surface area contributed by atoms with Gasteiger partial charge in [0.2, 0.25) is 5.91 Å². The zero-order valence-corrected chi connectivity index (χ0v) is 19.6. The Bertz CT molecular complexity index is 1070. The van der Waals surface area contributed by atoms with Gasteiger partial charge in [0.15, 0.2) is 0 Å². The fourth-order valence-electron chi connectivity index (χ4n) is 3.98. The Balaban J connectivity index is 1.98. The number of cyclic esters (lactones) is 1. The zero-order valence-electron chi connectivity index (χ0n) is 19.6. The molecule has 3 rings (SSSR count). The maximum Gasteiger partial charge on any atom is 0.432 e. The van der Waals surface area contributed by atoms with Gasteiger partial charge in [0.25, 0.3) is 5.60 Å². The van der Waals surface area contributed by atoms with Crippen molar-refractivity contribution in [2.24, 2.45) is 5.92 Å². The molecule has 0 bridgehead atoms. The van der Waals surface area contributed by atoms with Crippen molar-refractivity contribution >= 4 is 18.0 Å². The molecule has 0 N–H and O–H groups in total. The van der Waals surface area contributed by atoms with Crippen molar-refractivity contribution in [2.45, 2.75) is 51.1 Å². The Labute approximate surface area is 199 Å². The summed E-state index contributed by atoms with van der Waals surface area (Å²) in [5.74, 6) is -2.66. The highest BCUT2D eigenvalue weighted by atomic mass is 19.4. The van der Waals surface area contributed by atoms with E-state index >= 15 is 0 Å². The number of aryl methyl sites for hydroxylation is 1. The van der Waals surface area contributed by atoms with E-state index in [1.54, 1.807) is 20.8 Å². The average Bonchev–Trinajstić information content (AvgIpc) is 3.39. The number of alkyl halides is 3. The molecule has 0 saturated carbocycles. The number of hydrogen-bond donors (Lipinski definition) is 0. The van der Waals surface area contributed by atoms with Gasteiger partial charge in [0, 0.05) is 18.2 Å². The second kappa shape index (κ2) is 10.1. The highest BCUT2D eigenvalue weighted by Crippen LogP contribution is 2.44. The van der Waals surface area contributed by atoms with Crippen LogP contribution in [0.25, 0.3) is 0 Å². The number of carbonyl (C=O) groups is 3. The van der Waals surface area contributed by atoms with Crippen molar-refractivity contribution < 1.29 is 46.2 Å². The molecule has 0 unspecified atom stereocenters. The van der Waals surface area contributed by atoms with Gasteiger partial charge in [-0.15, -0.1) is 0 Å². The van der Waals surface area contributed by atoms with E-state index in [4.69, 9.17) is 18.6 Å². The van der Waals surface area contributed by atoms with E-state index in [1.807, 2.05) is 0 Å². The number of furan rings is 1. The Kier molecular flexibility index (Phi) is 7.59. The van der Waals surface area contributed by atoms with Crippen LogP contribution in [-0.2, 0) is 29.4 Å². The number of rotatable bonds is 8. The molecule has 0 aliphatic carbocycles. The number of imide groups is 1. The molecule has 35 heavy (non-hydrogen) atoms. The fraction of sp³-hybridized carbons (Fsp3) is 0.458. The molecule has 2 heterocycles. The van der Waals surface area contributed by atoms with Crippen LogP contribution < -0.4 is 0 Å². The average molecular weight is 497 g/mol. The van der Waals surface area contributed by atoms with Crippen LogP contribution in [0.4, 0.5) is 18.0 Å². The molecule has 1 saturated heterocycles. The standard InChI is InChI=1S/C24H26F3NO7/c1-14(2)18-13-34-22(31)28(18)20(29)10-19(17-12-33-11-15(17)3)35-21(30)23(32-4,24(25,26)27)16-8-6-5-7-9-16/h5-9,11-12,14,18-19H,10,13H2,1-4H3/t18-,19+,23-/m0/s1. The number of esters is 1. The lowest BCUT2D eigenvalue weighted by Crippen LogP contribution is -2.52. The summed E-state index contributed by atoms with van der Waals surface area (Å²) < 4.78 is 63.1. The molecule has 8 nitrogen and oxygen atoms in total. The van der Waals surface area contributed by atoms with Crippen molar-refractivity contribution in [1.29, 1.82) is 0 Å². The smallest absolute Gasteiger partial charge is 0.432 e. The summed E-state index contributed by atoms with van der Waals surface area (Å²) >= 11 is 0. The normalized spacial score (nSPS) is 18.8. The highest BCUT2D eigenvalue weighted by Gasteiger charge is 2.64. The molecule has 1 fully saturated rings. The van der Waals surface area contributed by atoms with E-state index in [0.717, 1.165) is 24.1 Å². The lowest BCUT2D eigenvalue weighted by Gasteiger charge is -2.34. The molecule has 0 radical (unpaired) electrons. The number of benzene rings is 1. The SMILES string of the molecule is CO[C@](C(=O)O[C@H](CC(=O)N1C(=O)OC[C@H]1C(C)C)c1cocc1C)(c1ccccc1)C(F)(F)F. The monoisotopic (exact) mass is 497 g/mol. The van der Waals surface area contributed by atoms with E-state index in [-0.39, 0.29) is 18.1 Å². The third kappa shape index (κ3) is 4.90. The predicted octanol–water partition coefficient (Wildman–Crippen LogP) is 4.67. The molecular formula is C24H26F3NO7. The zero-order chi connectivity index (χ0) is 26.0. The fourth-order valence-corrected chi connectivity index (χ4v) is 3.98. The molecular weight excluding hydrogens is 471 g/mol. The number of carbonyl (C=O) groups excluding carboxylic acids is 3. The molecule has 0 spiro atoms. The minimum atomic E-state index is -5.19. The highest BCUT2D eigenvalue weighted by molar-refractivity contribution is 5.94. The van der Waals surface area contributed by atoms with Crippen LogP contribution in [0.15, 0.2) is 47.3 Å². The molecule has 2 aromatic rings. The topological polar surface area (TPSA) is 95.3 Å². The largest absolute Gasteiger partial charge is 0.472 e. The Hall–Kier alpha value is -3.34. The van der Waals surface area contributed by atoms with Crippen LogP contribution in [0.5, 0.6) is 0 Å². The van der Waals surface area contributed by atoms with Crippen molar-refractivity contribution in [3.05, 3.63) is 59.5 Å². The summed E-state index contributed by atoms with van der Waals surface area (Å²) in [6.45, 7) is 5.16. The van der Waals surface area contributed by atoms with E-state index in [2.05, 4.69) is 0 Å². The van der Waals surface area contributed by atoms with Crippen molar-refractivity contribution in [3.63, 3.8) is 0 Å². The summed E-state index contributed by atoms with van der Waals surface area (Å²) in [7, 11) is 0.748. The van der Waals surface area contributed by atoms with Gasteiger partial charge in [-0.25, -0.2) is 14.5 Å². The van der Waals surface area contributed by atoms with E-state index < -0.39 is 53.9 Å². The number of methoxy groups -OCH3 is 1. The summed E-state index contributed by atoms with van der Waals surface area (Å²) in [6.07, 6.45) is -5.69. The number of amides is 2. The van der Waals surface area contributed by atoms with E-state index in [9.17, 15) is 27.6 Å². The Morgan fingerprint density at radius 1 is 1.17 bits per heavy atom. The summed E-state index contributed by atoms with van der Waals surface area (Å²) in [5, 5.41) is 0. The van der Waals surface area contributed by atoms with Gasteiger partial charge in [-0.1, -0.05) is 44.2 Å². The molecule has 2 amide bonds. The lowest BCUT2D eigenvalue weighted by atomic mass is 9.92. The van der Waals surface area contributed by atoms with Crippen LogP contribution in [0.1, 0.15) is 43.1 Å². The van der Waals surface area contributed by atoms with Crippen LogP contribution in [-0.4, -0.2) is 48.8 Å². The molecule has 1 aromatic heterocycles. The third-order valence-corrected chi connectivity index (χ3v) is 5.97. The van der Waals surface area contributed by atoms with Crippen LogP contribution >= 0.6 is 0 Å². The Morgan fingerprint density at radius 3 is 2.34 bits per heavy atom. The van der Waals surface area contributed by atoms with Crippen LogP contribution in [0.2, 0.25) is 0 Å². The number of halogens is 3. The van der Waals surface area contributed by atoms with Gasteiger partial charge in [-0.3, -0.25) is 4.79 Å². The van der Waals surface area contributed by atoms with E-state index in [1.165, 1.54) is 30.7 Å². The van der Waals surface area contributed by atoms with Crippen LogP contribution in [0, 0.1) is 12.8 Å². The first kappa shape index (κ1) is 26.3. The van der Waals surface area contributed by atoms with Gasteiger partial charge >= 0.3 is 18.2 Å². The minimum Gasteiger partial charge on any atom is -0.472 e. The molecule has 3 atom stereocenters. The number of nitrogens with zero attached hydrogens (tertiary/aromatic N) is 1. The quantitative estimate of drug-likeness (QED) is 0.489. The first-order valence-electron chi connectivity index (χ1n) is 10.8. The van der Waals surface area contributed by atoms with Gasteiger partial charge < -0.3 is 18.6 Å². The second-order valence-corrected chi connectivity index (χ2v) is 8.51. The van der Waals surface area contributed by atoms with Gasteiger partial charge in [0.1, 0.15) is 12.7 Å². The summed E-state index contributed by atoms with van der Waals surface area (Å²) in [4.78, 5) is 39.4. The van der Waals surface area contributed by atoms with Gasteiger partial charge in [-0.2, -0.15) is 13.2 Å². The molecule has 1 aromatic carbocycles. The van der Waals surface area contributed by atoms with Crippen molar-refractivity contribution in [3.8, 4) is 0 Å². The Morgan fingerprint density at radius 2 is 1.83 bits per heavy atom. The van der Waals surface area contributed by atoms with Crippen LogP contribution in [0.3, 0.4) is 0 Å². The number of hydrogen-bond acceptors (Lipinski definition) is 7. The van der Waals surface area contributed by atoms with Gasteiger partial charge in [0.05, 0.1) is 25.0 Å². The summed E-state index contributed by atoms with van der Waals surface area (Å²) in [5.41, 5.74) is -3.31. The molecule has 1 aliphatic rings. The molecule has 190 valence electrons. The molecule has 1 aliphatic heterocycles. The minimum absolute atomic E-state index is 0.00764. The van der Waals surface area contributed by atoms with Crippen molar-refractivity contribution in [1.82, 2.24) is 4.90 Å². The second-order valence-electron chi connectivity index (χ2n) is 8.51. The first-order valence-corrected chi connectivity index (χ1v) is 10.8. The maximum absolute atomic E-state index is 14.3. The van der Waals surface area contributed by atoms with Gasteiger partial charge in [-0.05, 0) is 18.4 Å². The lowest BCUT2D eigenvalue weighted by molar-refractivity contribution is -0.278.